The third-order valence-corrected chi connectivity index (χ3v) is 3.92. The Morgan fingerprint density at radius 3 is 1.54 bits per heavy atom. The lowest BCUT2D eigenvalue weighted by Crippen LogP contribution is -1.95. The summed E-state index contributed by atoms with van der Waals surface area (Å²) in [6, 6.07) is 17.6. The van der Waals surface area contributed by atoms with Gasteiger partial charge in [-0.25, -0.2) is 8.78 Å². The van der Waals surface area contributed by atoms with E-state index in [-0.39, 0.29) is 26.0 Å². The number of halogens is 2. The van der Waals surface area contributed by atoms with Gasteiger partial charge >= 0.3 is 0 Å². The van der Waals surface area contributed by atoms with Crippen LogP contribution in [-0.4, -0.2) is 6.61 Å². The SMILES string of the molecule is C.C.CCOc1ccc(-c2ccc(-c3ccc(C)cc3)c(F)c2F)cc1. The van der Waals surface area contributed by atoms with Crippen molar-refractivity contribution in [1.82, 2.24) is 0 Å². The minimum atomic E-state index is -0.836. The molecule has 0 unspecified atom stereocenters. The van der Waals surface area contributed by atoms with Crippen molar-refractivity contribution < 1.29 is 13.5 Å². The van der Waals surface area contributed by atoms with Crippen LogP contribution in [0.1, 0.15) is 27.3 Å². The fourth-order valence-corrected chi connectivity index (χ4v) is 2.63. The van der Waals surface area contributed by atoms with Crippen LogP contribution in [0.3, 0.4) is 0 Å². The number of hydrogen-bond donors (Lipinski definition) is 0. The molecule has 0 saturated carbocycles. The maximum absolute atomic E-state index is 14.6. The van der Waals surface area contributed by atoms with Gasteiger partial charge in [-0.3, -0.25) is 0 Å². The van der Waals surface area contributed by atoms with Crippen molar-refractivity contribution >= 4 is 0 Å². The first-order valence-electron chi connectivity index (χ1n) is 7.88. The van der Waals surface area contributed by atoms with Crippen molar-refractivity contribution in [2.75, 3.05) is 6.61 Å². The molecular weight excluding hydrogens is 330 g/mol. The quantitative estimate of drug-likeness (QED) is 0.477. The summed E-state index contributed by atoms with van der Waals surface area (Å²) >= 11 is 0. The number of hydrogen-bond acceptors (Lipinski definition) is 1. The summed E-state index contributed by atoms with van der Waals surface area (Å²) in [7, 11) is 0. The van der Waals surface area contributed by atoms with E-state index < -0.39 is 11.6 Å². The zero-order valence-corrected chi connectivity index (χ0v) is 13.6. The molecule has 0 bridgehead atoms. The van der Waals surface area contributed by atoms with Gasteiger partial charge in [-0.1, -0.05) is 68.9 Å². The summed E-state index contributed by atoms with van der Waals surface area (Å²) in [6.07, 6.45) is 0. The van der Waals surface area contributed by atoms with Crippen molar-refractivity contribution in [2.24, 2.45) is 0 Å². The predicted molar refractivity (Wildman–Crippen MR) is 107 cm³/mol. The third-order valence-electron chi connectivity index (χ3n) is 3.92. The molecule has 0 aliphatic carbocycles. The molecule has 0 aliphatic heterocycles. The van der Waals surface area contributed by atoms with E-state index >= 15 is 0 Å². The lowest BCUT2D eigenvalue weighted by molar-refractivity contribution is 0.340. The van der Waals surface area contributed by atoms with Gasteiger partial charge in [0.15, 0.2) is 11.6 Å². The predicted octanol–water partition coefficient (Wildman–Crippen LogP) is 7.28. The second-order valence-electron chi connectivity index (χ2n) is 5.61. The lowest BCUT2D eigenvalue weighted by Gasteiger charge is -2.10. The average molecular weight is 356 g/mol. The Bertz CT molecular complexity index is 837. The summed E-state index contributed by atoms with van der Waals surface area (Å²) in [5.74, 6) is -0.958. The maximum Gasteiger partial charge on any atom is 0.167 e. The van der Waals surface area contributed by atoms with Crippen LogP contribution in [-0.2, 0) is 0 Å². The molecule has 0 spiro atoms. The van der Waals surface area contributed by atoms with Crippen LogP contribution in [0.5, 0.6) is 5.75 Å². The smallest absolute Gasteiger partial charge is 0.167 e. The van der Waals surface area contributed by atoms with Gasteiger partial charge in [0, 0.05) is 11.1 Å². The van der Waals surface area contributed by atoms with E-state index in [1.807, 2.05) is 26.0 Å². The Kier molecular flexibility index (Phi) is 7.51. The maximum atomic E-state index is 14.6. The molecule has 3 heteroatoms. The first kappa shape index (κ1) is 21.4. The van der Waals surface area contributed by atoms with E-state index in [4.69, 9.17) is 4.74 Å². The molecule has 0 fully saturated rings. The van der Waals surface area contributed by atoms with Crippen LogP contribution < -0.4 is 4.74 Å². The van der Waals surface area contributed by atoms with Gasteiger partial charge in [-0.2, -0.15) is 0 Å². The minimum Gasteiger partial charge on any atom is -0.494 e. The van der Waals surface area contributed by atoms with Crippen molar-refractivity contribution in [3.05, 3.63) is 77.9 Å². The molecule has 0 aromatic heterocycles. The highest BCUT2D eigenvalue weighted by molar-refractivity contribution is 5.72. The molecule has 3 aromatic rings. The first-order chi connectivity index (χ1) is 11.6. The average Bonchev–Trinajstić information content (AvgIpc) is 2.59. The van der Waals surface area contributed by atoms with E-state index in [2.05, 4.69) is 0 Å². The Morgan fingerprint density at radius 1 is 0.692 bits per heavy atom. The van der Waals surface area contributed by atoms with Gasteiger partial charge in [0.1, 0.15) is 5.75 Å². The van der Waals surface area contributed by atoms with Crippen LogP contribution in [0.2, 0.25) is 0 Å². The van der Waals surface area contributed by atoms with Crippen molar-refractivity contribution in [3.63, 3.8) is 0 Å². The molecule has 0 amide bonds. The van der Waals surface area contributed by atoms with Crippen LogP contribution >= 0.6 is 0 Å². The highest BCUT2D eigenvalue weighted by atomic mass is 19.2. The highest BCUT2D eigenvalue weighted by Crippen LogP contribution is 2.32. The summed E-state index contributed by atoms with van der Waals surface area (Å²) in [6.45, 7) is 4.41. The first-order valence-corrected chi connectivity index (χ1v) is 7.88. The molecule has 0 atom stereocenters. The van der Waals surface area contributed by atoms with Gasteiger partial charge in [0.2, 0.25) is 0 Å². The third kappa shape index (κ3) is 4.29. The largest absolute Gasteiger partial charge is 0.494 e. The molecule has 0 N–H and O–H groups in total. The van der Waals surface area contributed by atoms with Gasteiger partial charge in [0.05, 0.1) is 6.61 Å². The molecule has 3 aromatic carbocycles. The summed E-state index contributed by atoms with van der Waals surface area (Å²) in [5, 5.41) is 0. The van der Waals surface area contributed by atoms with Crippen LogP contribution in [0, 0.1) is 18.6 Å². The van der Waals surface area contributed by atoms with Gasteiger partial charge in [-0.15, -0.1) is 0 Å². The second kappa shape index (κ2) is 9.14. The standard InChI is InChI=1S/C21H18F2O.2CH4/c1-3-24-17-10-8-16(9-11-17)19-13-12-18(20(22)21(19)23)15-6-4-14(2)5-7-15;;/h4-13H,3H2,1-2H3;2*1H4. The molecule has 26 heavy (non-hydrogen) atoms. The van der Waals surface area contributed by atoms with Crippen LogP contribution in [0.25, 0.3) is 22.3 Å². The molecular formula is C23H26F2O. The number of ether oxygens (including phenoxy) is 1. The van der Waals surface area contributed by atoms with E-state index in [1.165, 1.54) is 0 Å². The zero-order chi connectivity index (χ0) is 17.1. The van der Waals surface area contributed by atoms with Gasteiger partial charge in [-0.05, 0) is 37.1 Å². The molecule has 3 rings (SSSR count). The Morgan fingerprint density at radius 2 is 1.12 bits per heavy atom. The Hall–Kier alpha value is -2.68. The highest BCUT2D eigenvalue weighted by Gasteiger charge is 2.15. The monoisotopic (exact) mass is 356 g/mol. The van der Waals surface area contributed by atoms with Crippen LogP contribution in [0.15, 0.2) is 60.7 Å². The van der Waals surface area contributed by atoms with E-state index in [1.54, 1.807) is 48.5 Å². The van der Waals surface area contributed by atoms with Gasteiger partial charge < -0.3 is 4.74 Å². The van der Waals surface area contributed by atoms with E-state index in [0.29, 0.717) is 23.5 Å². The number of benzene rings is 3. The molecule has 0 saturated heterocycles. The molecule has 0 radical (unpaired) electrons. The normalized spacial score (nSPS) is 9.85. The molecule has 138 valence electrons. The summed E-state index contributed by atoms with van der Waals surface area (Å²) < 4.78 is 34.5. The Balaban J connectivity index is 0.00000169. The zero-order valence-electron chi connectivity index (χ0n) is 13.6. The molecule has 0 heterocycles. The number of rotatable bonds is 4. The van der Waals surface area contributed by atoms with Crippen molar-refractivity contribution in [3.8, 4) is 28.0 Å². The van der Waals surface area contributed by atoms with Crippen molar-refractivity contribution in [1.29, 1.82) is 0 Å². The number of aryl methyl sites for hydroxylation is 1. The van der Waals surface area contributed by atoms with E-state index in [0.717, 1.165) is 5.56 Å². The molecule has 1 nitrogen and oxygen atoms in total. The summed E-state index contributed by atoms with van der Waals surface area (Å²) in [4.78, 5) is 0. The van der Waals surface area contributed by atoms with E-state index in [9.17, 15) is 8.78 Å². The molecule has 0 aliphatic rings. The van der Waals surface area contributed by atoms with Crippen molar-refractivity contribution in [2.45, 2.75) is 28.7 Å². The fraction of sp³-hybridized carbons (Fsp3) is 0.217. The topological polar surface area (TPSA) is 9.23 Å². The second-order valence-corrected chi connectivity index (χ2v) is 5.61. The Labute approximate surface area is 155 Å². The van der Waals surface area contributed by atoms with Gasteiger partial charge in [0.25, 0.3) is 0 Å². The fourth-order valence-electron chi connectivity index (χ4n) is 2.63. The lowest BCUT2D eigenvalue weighted by atomic mass is 9.98. The summed E-state index contributed by atoms with van der Waals surface area (Å²) in [5.41, 5.74) is 2.86. The minimum absolute atomic E-state index is 0. The van der Waals surface area contributed by atoms with Crippen LogP contribution in [0.4, 0.5) is 8.78 Å².